The van der Waals surface area contributed by atoms with Crippen molar-refractivity contribution < 1.29 is 9.84 Å². The average molecular weight is 188 g/mol. The van der Waals surface area contributed by atoms with Gasteiger partial charge in [0.1, 0.15) is 0 Å². The number of hydrogen-bond donors (Lipinski definition) is 1. The van der Waals surface area contributed by atoms with Gasteiger partial charge in [-0.25, -0.2) is 0 Å². The van der Waals surface area contributed by atoms with Gasteiger partial charge in [-0.15, -0.1) is 0 Å². The highest BCUT2D eigenvalue weighted by atomic mass is 16.5. The van der Waals surface area contributed by atoms with Gasteiger partial charge in [-0.05, 0) is 12.8 Å². The molecule has 0 aromatic rings. The minimum Gasteiger partial charge on any atom is -0.394 e. The summed E-state index contributed by atoms with van der Waals surface area (Å²) in [5.74, 6) is 0. The molecule has 2 heteroatoms. The number of hydrogen-bond acceptors (Lipinski definition) is 2. The lowest BCUT2D eigenvalue weighted by atomic mass is 10.1. The normalized spacial score (nSPS) is 13.2. The van der Waals surface area contributed by atoms with E-state index in [9.17, 15) is 0 Å². The van der Waals surface area contributed by atoms with Crippen LogP contribution in [0.4, 0.5) is 0 Å². The smallest absolute Gasteiger partial charge is 0.0805 e. The van der Waals surface area contributed by atoms with Crippen molar-refractivity contribution in [1.29, 1.82) is 0 Å². The van der Waals surface area contributed by atoms with Gasteiger partial charge in [-0.2, -0.15) is 0 Å². The standard InChI is InChI=1S/C11H24O2/c1-3-5-7-8-11(10-12)13-9-6-4-2/h11-12H,3-10H2,1-2H3. The zero-order chi connectivity index (χ0) is 9.94. The molecule has 0 aromatic heterocycles. The van der Waals surface area contributed by atoms with Crippen molar-refractivity contribution in [1.82, 2.24) is 0 Å². The van der Waals surface area contributed by atoms with Crippen LogP contribution in [0, 0.1) is 0 Å². The second-order valence-electron chi connectivity index (χ2n) is 3.52. The maximum Gasteiger partial charge on any atom is 0.0805 e. The topological polar surface area (TPSA) is 29.5 Å². The Balaban J connectivity index is 3.28. The summed E-state index contributed by atoms with van der Waals surface area (Å²) in [4.78, 5) is 0. The first kappa shape index (κ1) is 12.9. The van der Waals surface area contributed by atoms with E-state index in [0.717, 1.165) is 25.9 Å². The van der Waals surface area contributed by atoms with Gasteiger partial charge < -0.3 is 9.84 Å². The minimum absolute atomic E-state index is 0.0816. The van der Waals surface area contributed by atoms with Crippen LogP contribution >= 0.6 is 0 Å². The lowest BCUT2D eigenvalue weighted by molar-refractivity contribution is 0.00556. The molecule has 1 unspecified atom stereocenters. The third kappa shape index (κ3) is 8.26. The Bertz CT molecular complexity index is 84.1. The zero-order valence-electron chi connectivity index (χ0n) is 9.09. The molecule has 0 aliphatic rings. The van der Waals surface area contributed by atoms with Crippen LogP contribution in [0.5, 0.6) is 0 Å². The lowest BCUT2D eigenvalue weighted by Crippen LogP contribution is -2.18. The number of ether oxygens (including phenoxy) is 1. The Kier molecular flexibility index (Phi) is 9.94. The van der Waals surface area contributed by atoms with E-state index >= 15 is 0 Å². The van der Waals surface area contributed by atoms with Gasteiger partial charge in [0.25, 0.3) is 0 Å². The molecule has 0 bridgehead atoms. The van der Waals surface area contributed by atoms with Crippen LogP contribution in [0.1, 0.15) is 52.4 Å². The molecule has 0 aromatic carbocycles. The summed E-state index contributed by atoms with van der Waals surface area (Å²) in [6.07, 6.45) is 7.00. The fourth-order valence-electron chi connectivity index (χ4n) is 1.24. The van der Waals surface area contributed by atoms with Crippen LogP contribution < -0.4 is 0 Å². The third-order valence-corrected chi connectivity index (χ3v) is 2.18. The molecule has 2 nitrogen and oxygen atoms in total. The number of unbranched alkanes of at least 4 members (excludes halogenated alkanes) is 3. The van der Waals surface area contributed by atoms with Crippen LogP contribution in [-0.2, 0) is 4.74 Å². The molecule has 0 aliphatic heterocycles. The predicted molar refractivity (Wildman–Crippen MR) is 55.9 cm³/mol. The summed E-state index contributed by atoms with van der Waals surface area (Å²) in [6.45, 7) is 5.31. The highest BCUT2D eigenvalue weighted by Crippen LogP contribution is 2.07. The molecule has 0 radical (unpaired) electrons. The highest BCUT2D eigenvalue weighted by molar-refractivity contribution is 4.56. The molecule has 13 heavy (non-hydrogen) atoms. The molecular formula is C11H24O2. The SMILES string of the molecule is CCCCCC(CO)OCCCC. The van der Waals surface area contributed by atoms with Crippen molar-refractivity contribution >= 4 is 0 Å². The Hall–Kier alpha value is -0.0800. The number of aliphatic hydroxyl groups excluding tert-OH is 1. The van der Waals surface area contributed by atoms with Crippen molar-refractivity contribution in [2.75, 3.05) is 13.2 Å². The quantitative estimate of drug-likeness (QED) is 0.564. The van der Waals surface area contributed by atoms with Gasteiger partial charge in [-0.1, -0.05) is 39.5 Å². The fourth-order valence-corrected chi connectivity index (χ4v) is 1.24. The van der Waals surface area contributed by atoms with E-state index in [0.29, 0.717) is 0 Å². The van der Waals surface area contributed by atoms with E-state index in [2.05, 4.69) is 13.8 Å². The first-order chi connectivity index (χ1) is 6.35. The monoisotopic (exact) mass is 188 g/mol. The first-order valence-corrected chi connectivity index (χ1v) is 5.57. The van der Waals surface area contributed by atoms with Crippen LogP contribution in [0.3, 0.4) is 0 Å². The lowest BCUT2D eigenvalue weighted by Gasteiger charge is -2.14. The Morgan fingerprint density at radius 1 is 1.08 bits per heavy atom. The van der Waals surface area contributed by atoms with E-state index in [-0.39, 0.29) is 12.7 Å². The summed E-state index contributed by atoms with van der Waals surface area (Å²) in [5, 5.41) is 9.00. The Morgan fingerprint density at radius 3 is 2.31 bits per heavy atom. The third-order valence-electron chi connectivity index (χ3n) is 2.18. The average Bonchev–Trinajstić information content (AvgIpc) is 2.16. The predicted octanol–water partition coefficient (Wildman–Crippen LogP) is 2.74. The van der Waals surface area contributed by atoms with Gasteiger partial charge in [0.15, 0.2) is 0 Å². The van der Waals surface area contributed by atoms with Gasteiger partial charge in [0, 0.05) is 6.61 Å². The van der Waals surface area contributed by atoms with Crippen LogP contribution in [-0.4, -0.2) is 24.4 Å². The first-order valence-electron chi connectivity index (χ1n) is 5.57. The number of rotatable bonds is 9. The maximum atomic E-state index is 9.00. The van der Waals surface area contributed by atoms with E-state index in [1.165, 1.54) is 19.3 Å². The van der Waals surface area contributed by atoms with Gasteiger partial charge in [0.2, 0.25) is 0 Å². The summed E-state index contributed by atoms with van der Waals surface area (Å²) in [5.41, 5.74) is 0. The van der Waals surface area contributed by atoms with Crippen LogP contribution in [0.25, 0.3) is 0 Å². The van der Waals surface area contributed by atoms with Crippen molar-refractivity contribution in [2.45, 2.75) is 58.5 Å². The molecule has 0 aliphatic carbocycles. The summed E-state index contributed by atoms with van der Waals surface area (Å²) < 4.78 is 5.53. The maximum absolute atomic E-state index is 9.00. The molecule has 0 spiro atoms. The second-order valence-corrected chi connectivity index (χ2v) is 3.52. The van der Waals surface area contributed by atoms with Crippen molar-refractivity contribution in [3.63, 3.8) is 0 Å². The Morgan fingerprint density at radius 2 is 1.77 bits per heavy atom. The van der Waals surface area contributed by atoms with Crippen LogP contribution in [0.2, 0.25) is 0 Å². The summed E-state index contributed by atoms with van der Waals surface area (Å²) in [7, 11) is 0. The molecule has 0 fully saturated rings. The van der Waals surface area contributed by atoms with E-state index in [1.54, 1.807) is 0 Å². The van der Waals surface area contributed by atoms with Crippen molar-refractivity contribution in [3.05, 3.63) is 0 Å². The summed E-state index contributed by atoms with van der Waals surface area (Å²) in [6, 6.07) is 0. The minimum atomic E-state index is 0.0816. The molecule has 0 saturated carbocycles. The molecule has 80 valence electrons. The molecule has 0 amide bonds. The van der Waals surface area contributed by atoms with Gasteiger partial charge in [0.05, 0.1) is 12.7 Å². The van der Waals surface area contributed by atoms with Gasteiger partial charge in [-0.3, -0.25) is 0 Å². The largest absolute Gasteiger partial charge is 0.394 e. The van der Waals surface area contributed by atoms with Crippen LogP contribution in [0.15, 0.2) is 0 Å². The highest BCUT2D eigenvalue weighted by Gasteiger charge is 2.05. The molecule has 0 saturated heterocycles. The van der Waals surface area contributed by atoms with E-state index in [4.69, 9.17) is 9.84 Å². The second kappa shape index (κ2) is 10.0. The molecular weight excluding hydrogens is 164 g/mol. The number of aliphatic hydroxyl groups is 1. The zero-order valence-corrected chi connectivity index (χ0v) is 9.09. The molecule has 0 rings (SSSR count). The van der Waals surface area contributed by atoms with Crippen molar-refractivity contribution in [3.8, 4) is 0 Å². The van der Waals surface area contributed by atoms with Gasteiger partial charge >= 0.3 is 0 Å². The fraction of sp³-hybridized carbons (Fsp3) is 1.00. The Labute approximate surface area is 82.3 Å². The van der Waals surface area contributed by atoms with Crippen molar-refractivity contribution in [2.24, 2.45) is 0 Å². The molecule has 0 heterocycles. The van der Waals surface area contributed by atoms with E-state index in [1.807, 2.05) is 0 Å². The molecule has 1 atom stereocenters. The van der Waals surface area contributed by atoms with E-state index < -0.39 is 0 Å². The molecule has 1 N–H and O–H groups in total. The summed E-state index contributed by atoms with van der Waals surface area (Å²) >= 11 is 0.